The first-order chi connectivity index (χ1) is 14.2. The second kappa shape index (κ2) is 9.09. The number of rotatable bonds is 5. The van der Waals surface area contributed by atoms with Crippen LogP contribution in [0.2, 0.25) is 0 Å². The Labute approximate surface area is 173 Å². The van der Waals surface area contributed by atoms with Crippen LogP contribution in [-0.2, 0) is 30.9 Å². The lowest BCUT2D eigenvalue weighted by Gasteiger charge is -2.28. The van der Waals surface area contributed by atoms with Crippen molar-refractivity contribution in [3.05, 3.63) is 89.7 Å². The van der Waals surface area contributed by atoms with Gasteiger partial charge in [-0.25, -0.2) is 4.79 Å². The van der Waals surface area contributed by atoms with Crippen molar-refractivity contribution in [3.8, 4) is 0 Å². The van der Waals surface area contributed by atoms with E-state index >= 15 is 0 Å². The van der Waals surface area contributed by atoms with Gasteiger partial charge in [-0.1, -0.05) is 24.3 Å². The normalized spacial score (nSPS) is 14.7. The van der Waals surface area contributed by atoms with Gasteiger partial charge in [0.15, 0.2) is 4.90 Å². The molecule has 2 amide bonds. The second-order valence-electron chi connectivity index (χ2n) is 6.82. The smallest absolute Gasteiger partial charge is 0.319 e. The van der Waals surface area contributed by atoms with E-state index in [1.54, 1.807) is 36.7 Å². The highest BCUT2D eigenvalue weighted by molar-refractivity contribution is 7.89. The number of hydrogen-bond donors (Lipinski definition) is 2. The molecule has 1 unspecified atom stereocenters. The van der Waals surface area contributed by atoms with Gasteiger partial charge in [0.2, 0.25) is 0 Å². The standard InChI is InChI=1S/C22H22N4O2S/c27-22(24-15-17-9-12-23-13-10-17)25-20-5-7-21(8-6-20)29(28)26-14-11-18-3-1-2-4-19(18)16-26/h1-10,12-13H,11,14-16H2,(H2,24,25,27). The first-order valence-electron chi connectivity index (χ1n) is 9.46. The molecule has 0 saturated heterocycles. The van der Waals surface area contributed by atoms with Gasteiger partial charge in [-0.3, -0.25) is 4.98 Å². The van der Waals surface area contributed by atoms with Crippen molar-refractivity contribution in [2.24, 2.45) is 0 Å². The molecule has 0 radical (unpaired) electrons. The third kappa shape index (κ3) is 4.95. The molecule has 3 aromatic rings. The van der Waals surface area contributed by atoms with Crippen LogP contribution in [0, 0.1) is 0 Å². The Bertz CT molecular complexity index is 966. The van der Waals surface area contributed by atoms with E-state index < -0.39 is 11.4 Å². The summed E-state index contributed by atoms with van der Waals surface area (Å²) in [6, 6.07) is 18.9. The monoisotopic (exact) mass is 406 g/mol. The summed E-state index contributed by atoms with van der Waals surface area (Å²) in [4.78, 5) is 16.7. The number of carbonyl (C=O) groups is 1. The Morgan fingerprint density at radius 3 is 2.52 bits per heavy atom. The molecule has 4 rings (SSSR count). The van der Waals surface area contributed by atoms with E-state index in [4.69, 9.17) is 0 Å². The predicted octanol–water partition coefficient (Wildman–Crippen LogP) is 3.48. The third-order valence-corrected chi connectivity index (χ3v) is 6.30. The van der Waals surface area contributed by atoms with E-state index in [0.29, 0.717) is 18.8 Å². The van der Waals surface area contributed by atoms with Crippen LogP contribution in [0.25, 0.3) is 0 Å². The van der Waals surface area contributed by atoms with Crippen LogP contribution >= 0.6 is 0 Å². The van der Waals surface area contributed by atoms with Gasteiger partial charge in [-0.2, -0.15) is 0 Å². The van der Waals surface area contributed by atoms with E-state index in [-0.39, 0.29) is 6.03 Å². The van der Waals surface area contributed by atoms with Crippen molar-refractivity contribution in [1.82, 2.24) is 14.6 Å². The number of pyridine rings is 1. The molecule has 1 aromatic heterocycles. The van der Waals surface area contributed by atoms with Crippen LogP contribution in [0.5, 0.6) is 0 Å². The van der Waals surface area contributed by atoms with Gasteiger partial charge in [0.25, 0.3) is 0 Å². The summed E-state index contributed by atoms with van der Waals surface area (Å²) >= 11 is -1.23. The Morgan fingerprint density at radius 2 is 1.76 bits per heavy atom. The maximum Gasteiger partial charge on any atom is 0.319 e. The molecule has 2 heterocycles. The highest BCUT2D eigenvalue weighted by atomic mass is 32.2. The van der Waals surface area contributed by atoms with Crippen LogP contribution < -0.4 is 10.6 Å². The van der Waals surface area contributed by atoms with Crippen molar-refractivity contribution in [1.29, 1.82) is 0 Å². The summed E-state index contributed by atoms with van der Waals surface area (Å²) < 4.78 is 14.9. The number of nitrogens with zero attached hydrogens (tertiary/aromatic N) is 2. The summed E-state index contributed by atoms with van der Waals surface area (Å²) in [5, 5.41) is 5.59. The van der Waals surface area contributed by atoms with Gasteiger partial charge in [0.05, 0.1) is 17.9 Å². The third-order valence-electron chi connectivity index (χ3n) is 4.85. The van der Waals surface area contributed by atoms with Crippen LogP contribution in [0.4, 0.5) is 10.5 Å². The second-order valence-corrected chi connectivity index (χ2v) is 8.31. The molecule has 2 aromatic carbocycles. The van der Waals surface area contributed by atoms with Gasteiger partial charge in [-0.15, -0.1) is 4.31 Å². The summed E-state index contributed by atoms with van der Waals surface area (Å²) in [6.45, 7) is 1.87. The first kappa shape index (κ1) is 19.4. The Morgan fingerprint density at radius 1 is 1.03 bits per heavy atom. The molecular formula is C22H22N4O2S. The largest absolute Gasteiger partial charge is 0.593 e. The molecule has 1 aliphatic heterocycles. The maximum absolute atomic E-state index is 12.9. The molecule has 0 aliphatic carbocycles. The zero-order valence-electron chi connectivity index (χ0n) is 15.9. The van der Waals surface area contributed by atoms with E-state index in [9.17, 15) is 9.35 Å². The van der Waals surface area contributed by atoms with E-state index in [1.807, 2.05) is 28.6 Å². The Kier molecular flexibility index (Phi) is 6.09. The maximum atomic E-state index is 12.9. The SMILES string of the molecule is O=C(NCc1ccncc1)Nc1ccc([S+]([O-])N2CCc3ccccc3C2)cc1. The van der Waals surface area contributed by atoms with E-state index in [2.05, 4.69) is 27.8 Å². The molecule has 1 atom stereocenters. The van der Waals surface area contributed by atoms with Crippen molar-refractivity contribution in [2.75, 3.05) is 11.9 Å². The van der Waals surface area contributed by atoms with Crippen LogP contribution in [0.1, 0.15) is 16.7 Å². The number of aromatic nitrogens is 1. The van der Waals surface area contributed by atoms with Crippen LogP contribution in [0.3, 0.4) is 0 Å². The number of anilines is 1. The number of benzene rings is 2. The lowest BCUT2D eigenvalue weighted by Crippen LogP contribution is -2.35. The van der Waals surface area contributed by atoms with E-state index in [0.717, 1.165) is 23.4 Å². The molecule has 0 bridgehead atoms. The zero-order valence-corrected chi connectivity index (χ0v) is 16.7. The molecular weight excluding hydrogens is 384 g/mol. The van der Waals surface area contributed by atoms with Crippen molar-refractivity contribution in [2.45, 2.75) is 24.4 Å². The highest BCUT2D eigenvalue weighted by Gasteiger charge is 2.27. The number of urea groups is 1. The van der Waals surface area contributed by atoms with Gasteiger partial charge in [-0.05, 0) is 59.5 Å². The van der Waals surface area contributed by atoms with E-state index in [1.165, 1.54) is 11.1 Å². The van der Waals surface area contributed by atoms with Crippen molar-refractivity contribution >= 4 is 23.1 Å². The minimum atomic E-state index is -1.23. The fourth-order valence-electron chi connectivity index (χ4n) is 3.27. The van der Waals surface area contributed by atoms with Gasteiger partial charge in [0.1, 0.15) is 0 Å². The van der Waals surface area contributed by atoms with Crippen LogP contribution in [0.15, 0.2) is 78.0 Å². The molecule has 7 heteroatoms. The number of nitrogens with one attached hydrogen (secondary N) is 2. The number of hydrogen-bond acceptors (Lipinski definition) is 4. The average molecular weight is 407 g/mol. The zero-order chi connectivity index (χ0) is 20.1. The Balaban J connectivity index is 1.32. The summed E-state index contributed by atoms with van der Waals surface area (Å²) in [6.07, 6.45) is 4.28. The summed E-state index contributed by atoms with van der Waals surface area (Å²) in [5.41, 5.74) is 4.19. The van der Waals surface area contributed by atoms with Gasteiger partial charge < -0.3 is 15.2 Å². The minimum absolute atomic E-state index is 0.289. The molecule has 0 spiro atoms. The average Bonchev–Trinajstić information content (AvgIpc) is 2.78. The quantitative estimate of drug-likeness (QED) is 0.636. The summed E-state index contributed by atoms with van der Waals surface area (Å²) in [7, 11) is 0. The molecule has 29 heavy (non-hydrogen) atoms. The first-order valence-corrected chi connectivity index (χ1v) is 10.6. The molecule has 1 aliphatic rings. The molecule has 6 nitrogen and oxygen atoms in total. The lowest BCUT2D eigenvalue weighted by molar-refractivity contribution is 0.251. The molecule has 2 N–H and O–H groups in total. The number of fused-ring (bicyclic) bond motifs is 1. The molecule has 0 saturated carbocycles. The van der Waals surface area contributed by atoms with Crippen LogP contribution in [-0.4, -0.2) is 26.4 Å². The number of carbonyl (C=O) groups excluding carboxylic acids is 1. The lowest BCUT2D eigenvalue weighted by atomic mass is 10.0. The number of amides is 2. The van der Waals surface area contributed by atoms with Gasteiger partial charge >= 0.3 is 6.03 Å². The van der Waals surface area contributed by atoms with Crippen molar-refractivity contribution in [3.63, 3.8) is 0 Å². The predicted molar refractivity (Wildman–Crippen MR) is 114 cm³/mol. The fourth-order valence-corrected chi connectivity index (χ4v) is 4.45. The highest BCUT2D eigenvalue weighted by Crippen LogP contribution is 2.25. The molecule has 148 valence electrons. The summed E-state index contributed by atoms with van der Waals surface area (Å²) in [5.74, 6) is 0. The topological polar surface area (TPSA) is 80.3 Å². The molecule has 0 fully saturated rings. The fraction of sp³-hybridized carbons (Fsp3) is 0.182. The van der Waals surface area contributed by atoms with Gasteiger partial charge in [0, 0.05) is 31.2 Å². The van der Waals surface area contributed by atoms with Crippen molar-refractivity contribution < 1.29 is 9.35 Å². The Hall–Kier alpha value is -2.87. The minimum Gasteiger partial charge on any atom is -0.593 e.